The highest BCUT2D eigenvalue weighted by Gasteiger charge is 2.64. The van der Waals surface area contributed by atoms with Crippen LogP contribution >= 0.6 is 0 Å². The Kier molecular flexibility index (Phi) is 7.25. The van der Waals surface area contributed by atoms with Crippen molar-refractivity contribution in [2.45, 2.75) is 99.5 Å². The molecule has 0 aromatic carbocycles. The van der Waals surface area contributed by atoms with Gasteiger partial charge in [0.1, 0.15) is 11.9 Å². The van der Waals surface area contributed by atoms with Gasteiger partial charge in [0.05, 0.1) is 0 Å². The molecule has 0 bridgehead atoms. The molecule has 3 saturated carbocycles. The van der Waals surface area contributed by atoms with Gasteiger partial charge in [-0.15, -0.1) is 0 Å². The van der Waals surface area contributed by atoms with Crippen molar-refractivity contribution in [2.24, 2.45) is 52.3 Å². The number of ketones is 2. The highest BCUT2D eigenvalue weighted by atomic mass is 16.5. The molecule has 0 spiro atoms. The van der Waals surface area contributed by atoms with E-state index in [0.717, 1.165) is 37.7 Å². The molecule has 4 aliphatic carbocycles. The molecule has 0 heterocycles. The lowest BCUT2D eigenvalue weighted by Gasteiger charge is -2.56. The highest BCUT2D eigenvalue weighted by Crippen LogP contribution is 2.65. The number of hydrogen-bond donors (Lipinski definition) is 0. The number of Topliss-reactive ketones (excluding diaryl/α,β-unsaturated/α-hetero) is 1. The van der Waals surface area contributed by atoms with Crippen LogP contribution in [0, 0.1) is 52.3 Å². The van der Waals surface area contributed by atoms with Crippen LogP contribution in [-0.2, 0) is 19.1 Å². The molecule has 4 aliphatic rings. The molecule has 0 N–H and O–H groups in total. The van der Waals surface area contributed by atoms with Crippen molar-refractivity contribution in [2.75, 3.05) is 0 Å². The largest absolute Gasteiger partial charge is 0.462 e. The Morgan fingerprint density at radius 3 is 2.49 bits per heavy atom. The van der Waals surface area contributed by atoms with E-state index in [4.69, 9.17) is 4.74 Å². The zero-order valence-electron chi connectivity index (χ0n) is 22.9. The quantitative estimate of drug-likeness (QED) is 0.311. The Hall–Kier alpha value is -1.71. The first-order valence-corrected chi connectivity index (χ1v) is 14.1. The minimum absolute atomic E-state index is 0.117. The van der Waals surface area contributed by atoms with Gasteiger partial charge in [0.15, 0.2) is 5.78 Å². The number of allylic oxidation sites excluding steroid dienone is 3. The van der Waals surface area contributed by atoms with Crippen LogP contribution in [0.4, 0.5) is 0 Å². The van der Waals surface area contributed by atoms with Crippen LogP contribution in [0.15, 0.2) is 23.8 Å². The molecule has 0 aliphatic heterocycles. The monoisotopic (exact) mass is 482 g/mol. The van der Waals surface area contributed by atoms with E-state index in [1.807, 2.05) is 6.08 Å². The van der Waals surface area contributed by atoms with Crippen LogP contribution in [0.1, 0.15) is 93.4 Å². The first-order valence-electron chi connectivity index (χ1n) is 14.1. The van der Waals surface area contributed by atoms with E-state index < -0.39 is 0 Å². The van der Waals surface area contributed by atoms with Crippen molar-refractivity contribution in [1.29, 1.82) is 0 Å². The molecule has 194 valence electrons. The summed E-state index contributed by atoms with van der Waals surface area (Å²) in [6.07, 6.45) is 12.5. The van der Waals surface area contributed by atoms with E-state index in [1.165, 1.54) is 6.92 Å². The van der Waals surface area contributed by atoms with Gasteiger partial charge < -0.3 is 4.74 Å². The zero-order valence-corrected chi connectivity index (χ0v) is 22.9. The van der Waals surface area contributed by atoms with E-state index in [-0.39, 0.29) is 52.2 Å². The number of rotatable bonds is 6. The Balaban J connectivity index is 1.60. The van der Waals surface area contributed by atoms with Gasteiger partial charge in [-0.25, -0.2) is 0 Å². The molecule has 35 heavy (non-hydrogen) atoms. The molecular formula is C31H46O4. The molecule has 0 radical (unpaired) electrons. The SMILES string of the molecule is CC[C@H](/C=C/[C@@H](C)[C@H]1CC[C@H]2[C@@H]3C(=O)C=C4C[C@@H](OC(C)=O)CC[C@]4(C)[C@H]3C(=O)C[C@]12C)C(C)C. The molecule has 9 atom stereocenters. The van der Waals surface area contributed by atoms with Gasteiger partial charge in [0, 0.05) is 31.6 Å². The average molecular weight is 483 g/mol. The lowest BCUT2D eigenvalue weighted by atomic mass is 9.46. The predicted octanol–water partition coefficient (Wildman–Crippen LogP) is 6.73. The molecule has 3 fully saturated rings. The standard InChI is InChI=1S/C31H46O4/c1-8-21(18(2)3)10-9-19(4)24-11-12-25-28-26(33)16-22-15-23(35-20(5)32)13-14-30(22,6)29(28)27(34)17-31(24,25)7/h9-10,16,18-19,21,23-25,28-29H,8,11-15,17H2,1-7H3/b10-9+/t19-,21-,23+,24-,25+,28-,29+,30+,31-/m1/s1. The summed E-state index contributed by atoms with van der Waals surface area (Å²) < 4.78 is 5.49. The topological polar surface area (TPSA) is 60.4 Å². The second kappa shape index (κ2) is 9.63. The fraction of sp³-hybridized carbons (Fsp3) is 0.774. The summed E-state index contributed by atoms with van der Waals surface area (Å²) >= 11 is 0. The van der Waals surface area contributed by atoms with E-state index in [9.17, 15) is 14.4 Å². The number of fused-ring (bicyclic) bond motifs is 5. The van der Waals surface area contributed by atoms with Crippen molar-refractivity contribution in [1.82, 2.24) is 0 Å². The first-order chi connectivity index (χ1) is 16.4. The third-order valence-corrected chi connectivity index (χ3v) is 10.6. The second-order valence-corrected chi connectivity index (χ2v) is 13.0. The lowest BCUT2D eigenvalue weighted by Crippen LogP contribution is -2.57. The van der Waals surface area contributed by atoms with Crippen LogP contribution in [-0.4, -0.2) is 23.6 Å². The Morgan fingerprint density at radius 1 is 1.14 bits per heavy atom. The fourth-order valence-electron chi connectivity index (χ4n) is 8.71. The summed E-state index contributed by atoms with van der Waals surface area (Å²) in [5, 5.41) is 0. The van der Waals surface area contributed by atoms with E-state index >= 15 is 0 Å². The molecule has 0 aromatic rings. The van der Waals surface area contributed by atoms with Crippen LogP contribution < -0.4 is 0 Å². The van der Waals surface area contributed by atoms with Crippen LogP contribution in [0.3, 0.4) is 0 Å². The lowest BCUT2D eigenvalue weighted by molar-refractivity contribution is -0.156. The van der Waals surface area contributed by atoms with Crippen molar-refractivity contribution in [3.63, 3.8) is 0 Å². The number of hydrogen-bond acceptors (Lipinski definition) is 4. The number of ether oxygens (including phenoxy) is 1. The molecule has 0 saturated heterocycles. The smallest absolute Gasteiger partial charge is 0.302 e. The van der Waals surface area contributed by atoms with Gasteiger partial charge in [-0.3, -0.25) is 14.4 Å². The third-order valence-electron chi connectivity index (χ3n) is 10.6. The maximum absolute atomic E-state index is 13.9. The maximum Gasteiger partial charge on any atom is 0.302 e. The number of carbonyl (C=O) groups excluding carboxylic acids is 3. The fourth-order valence-corrected chi connectivity index (χ4v) is 8.71. The van der Waals surface area contributed by atoms with Gasteiger partial charge in [-0.2, -0.15) is 0 Å². The maximum atomic E-state index is 13.9. The van der Waals surface area contributed by atoms with Gasteiger partial charge in [0.2, 0.25) is 0 Å². The number of carbonyl (C=O) groups is 3. The Morgan fingerprint density at radius 2 is 1.86 bits per heavy atom. The van der Waals surface area contributed by atoms with Crippen LogP contribution in [0.2, 0.25) is 0 Å². The zero-order chi connectivity index (χ0) is 25.7. The number of esters is 1. The van der Waals surface area contributed by atoms with Crippen molar-refractivity contribution in [3.8, 4) is 0 Å². The Bertz CT molecular complexity index is 928. The molecule has 0 unspecified atom stereocenters. The van der Waals surface area contributed by atoms with Crippen molar-refractivity contribution >= 4 is 17.5 Å². The van der Waals surface area contributed by atoms with Crippen molar-refractivity contribution < 1.29 is 19.1 Å². The van der Waals surface area contributed by atoms with E-state index in [0.29, 0.717) is 36.5 Å². The molecular weight excluding hydrogens is 436 g/mol. The normalized spacial score (nSPS) is 40.7. The van der Waals surface area contributed by atoms with Crippen LogP contribution in [0.5, 0.6) is 0 Å². The van der Waals surface area contributed by atoms with Gasteiger partial charge in [-0.05, 0) is 78.6 Å². The highest BCUT2D eigenvalue weighted by molar-refractivity contribution is 6.00. The van der Waals surface area contributed by atoms with E-state index in [1.54, 1.807) is 0 Å². The minimum Gasteiger partial charge on any atom is -0.462 e. The molecule has 4 nitrogen and oxygen atoms in total. The third kappa shape index (κ3) is 4.48. The summed E-state index contributed by atoms with van der Waals surface area (Å²) in [7, 11) is 0. The van der Waals surface area contributed by atoms with Crippen molar-refractivity contribution in [3.05, 3.63) is 23.8 Å². The first kappa shape index (κ1) is 26.4. The summed E-state index contributed by atoms with van der Waals surface area (Å²) in [5.41, 5.74) is 0.625. The Labute approximate surface area is 212 Å². The van der Waals surface area contributed by atoms with Gasteiger partial charge in [-0.1, -0.05) is 59.3 Å². The summed E-state index contributed by atoms with van der Waals surface area (Å²) in [5.74, 6) is 2.07. The summed E-state index contributed by atoms with van der Waals surface area (Å²) in [4.78, 5) is 39.1. The van der Waals surface area contributed by atoms with E-state index in [2.05, 4.69) is 53.7 Å². The second-order valence-electron chi connectivity index (χ2n) is 13.0. The van der Waals surface area contributed by atoms with Gasteiger partial charge >= 0.3 is 5.97 Å². The molecule has 0 aromatic heterocycles. The van der Waals surface area contributed by atoms with Gasteiger partial charge in [0.25, 0.3) is 0 Å². The summed E-state index contributed by atoms with van der Waals surface area (Å²) in [6, 6.07) is 0. The average Bonchev–Trinajstić information content (AvgIpc) is 3.10. The molecule has 4 heteroatoms. The molecule has 4 rings (SSSR count). The predicted molar refractivity (Wildman–Crippen MR) is 138 cm³/mol. The minimum atomic E-state index is -0.289. The molecule has 0 amide bonds. The van der Waals surface area contributed by atoms with Crippen LogP contribution in [0.25, 0.3) is 0 Å². The summed E-state index contributed by atoms with van der Waals surface area (Å²) in [6.45, 7) is 15.1.